The Morgan fingerprint density at radius 1 is 1.44 bits per heavy atom. The molecule has 0 bridgehead atoms. The standard InChI is InChI=1S/C12H8FNO2/c13-8-3-7(6-14)11-9(4-8)10(15)5-12(16-11)1-2-12/h3-4H,1-2,5H2. The fraction of sp³-hybridized carbons (Fsp3) is 0.333. The van der Waals surface area contributed by atoms with E-state index in [9.17, 15) is 9.18 Å². The quantitative estimate of drug-likeness (QED) is 0.669. The van der Waals surface area contributed by atoms with Crippen LogP contribution in [0.4, 0.5) is 4.39 Å². The fourth-order valence-corrected chi connectivity index (χ4v) is 2.05. The van der Waals surface area contributed by atoms with E-state index in [4.69, 9.17) is 10.00 Å². The van der Waals surface area contributed by atoms with Crippen LogP contribution in [0.2, 0.25) is 0 Å². The number of carbonyl (C=O) groups excluding carboxylic acids is 1. The number of halogens is 1. The monoisotopic (exact) mass is 217 g/mol. The van der Waals surface area contributed by atoms with Gasteiger partial charge in [-0.1, -0.05) is 0 Å². The highest BCUT2D eigenvalue weighted by Crippen LogP contribution is 2.49. The number of ether oxygens (including phenoxy) is 1. The summed E-state index contributed by atoms with van der Waals surface area (Å²) >= 11 is 0. The van der Waals surface area contributed by atoms with Crippen LogP contribution in [0.1, 0.15) is 35.2 Å². The van der Waals surface area contributed by atoms with E-state index in [1.54, 1.807) is 0 Å². The van der Waals surface area contributed by atoms with Gasteiger partial charge in [-0.3, -0.25) is 4.79 Å². The highest BCUT2D eigenvalue weighted by Gasteiger charge is 2.51. The Bertz CT molecular complexity index is 541. The van der Waals surface area contributed by atoms with E-state index in [2.05, 4.69) is 0 Å². The van der Waals surface area contributed by atoms with Gasteiger partial charge in [0, 0.05) is 0 Å². The van der Waals surface area contributed by atoms with Crippen LogP contribution in [-0.4, -0.2) is 11.4 Å². The number of hydrogen-bond acceptors (Lipinski definition) is 3. The van der Waals surface area contributed by atoms with Crippen LogP contribution < -0.4 is 4.74 Å². The summed E-state index contributed by atoms with van der Waals surface area (Å²) in [6, 6.07) is 4.12. The number of nitriles is 1. The first kappa shape index (κ1) is 9.34. The molecule has 3 nitrogen and oxygen atoms in total. The molecule has 4 heteroatoms. The predicted molar refractivity (Wildman–Crippen MR) is 52.7 cm³/mol. The third kappa shape index (κ3) is 1.21. The topological polar surface area (TPSA) is 50.1 Å². The summed E-state index contributed by atoms with van der Waals surface area (Å²) in [5, 5.41) is 8.89. The molecule has 1 aromatic rings. The molecule has 0 saturated heterocycles. The highest BCUT2D eigenvalue weighted by atomic mass is 19.1. The molecule has 0 unspecified atom stereocenters. The molecule has 0 atom stereocenters. The molecule has 3 rings (SSSR count). The van der Waals surface area contributed by atoms with E-state index in [0.717, 1.165) is 25.0 Å². The number of Topliss-reactive ketones (excluding diaryl/α,β-unsaturated/α-hetero) is 1. The van der Waals surface area contributed by atoms with E-state index < -0.39 is 11.4 Å². The first-order valence-electron chi connectivity index (χ1n) is 5.09. The molecular formula is C12H8FNO2. The molecule has 1 aliphatic carbocycles. The van der Waals surface area contributed by atoms with Crippen molar-refractivity contribution in [1.29, 1.82) is 5.26 Å². The number of nitrogens with zero attached hydrogens (tertiary/aromatic N) is 1. The summed E-state index contributed by atoms with van der Waals surface area (Å²) in [6.07, 6.45) is 1.97. The number of carbonyl (C=O) groups is 1. The van der Waals surface area contributed by atoms with Gasteiger partial charge in [0.2, 0.25) is 0 Å². The summed E-state index contributed by atoms with van der Waals surface area (Å²) in [5.41, 5.74) is -0.0866. The smallest absolute Gasteiger partial charge is 0.170 e. The lowest BCUT2D eigenvalue weighted by Crippen LogP contribution is -2.29. The molecule has 1 spiro atoms. The lowest BCUT2D eigenvalue weighted by molar-refractivity contribution is 0.0810. The van der Waals surface area contributed by atoms with Crippen molar-refractivity contribution in [2.24, 2.45) is 0 Å². The second-order valence-electron chi connectivity index (χ2n) is 4.33. The molecule has 80 valence electrons. The van der Waals surface area contributed by atoms with Gasteiger partial charge in [-0.05, 0) is 25.0 Å². The van der Waals surface area contributed by atoms with Crippen LogP contribution >= 0.6 is 0 Å². The Hall–Kier alpha value is -1.89. The van der Waals surface area contributed by atoms with Gasteiger partial charge >= 0.3 is 0 Å². The maximum atomic E-state index is 13.2. The van der Waals surface area contributed by atoms with Gasteiger partial charge in [-0.2, -0.15) is 5.26 Å². The van der Waals surface area contributed by atoms with E-state index >= 15 is 0 Å². The Morgan fingerprint density at radius 3 is 2.81 bits per heavy atom. The highest BCUT2D eigenvalue weighted by molar-refractivity contribution is 6.01. The Balaban J connectivity index is 2.20. The van der Waals surface area contributed by atoms with Gasteiger partial charge in [0.15, 0.2) is 5.78 Å². The SMILES string of the molecule is N#Cc1cc(F)cc2c1OC1(CC1)CC2=O. The van der Waals surface area contributed by atoms with Crippen molar-refractivity contribution in [1.82, 2.24) is 0 Å². The van der Waals surface area contributed by atoms with Gasteiger partial charge in [0.25, 0.3) is 0 Å². The zero-order valence-electron chi connectivity index (χ0n) is 8.42. The van der Waals surface area contributed by atoms with Crippen LogP contribution in [0.3, 0.4) is 0 Å². The Labute approximate surface area is 91.4 Å². The van der Waals surface area contributed by atoms with Crippen molar-refractivity contribution in [3.63, 3.8) is 0 Å². The summed E-state index contributed by atoms with van der Waals surface area (Å²) in [5.74, 6) is -0.439. The van der Waals surface area contributed by atoms with Gasteiger partial charge in [0.05, 0.1) is 17.5 Å². The molecule has 1 saturated carbocycles. The molecular weight excluding hydrogens is 209 g/mol. The van der Waals surface area contributed by atoms with Gasteiger partial charge in [0.1, 0.15) is 23.2 Å². The lowest BCUT2D eigenvalue weighted by Gasteiger charge is -2.25. The van der Waals surface area contributed by atoms with Crippen LogP contribution in [0.15, 0.2) is 12.1 Å². The summed E-state index contributed by atoms with van der Waals surface area (Å²) in [7, 11) is 0. The molecule has 16 heavy (non-hydrogen) atoms. The number of ketones is 1. The maximum absolute atomic E-state index is 13.2. The average molecular weight is 217 g/mol. The maximum Gasteiger partial charge on any atom is 0.170 e. The molecule has 1 fully saturated rings. The molecule has 2 aliphatic rings. The molecule has 0 N–H and O–H groups in total. The molecule has 1 aliphatic heterocycles. The van der Waals surface area contributed by atoms with Crippen molar-refractivity contribution < 1.29 is 13.9 Å². The number of benzene rings is 1. The molecule has 1 heterocycles. The van der Waals surface area contributed by atoms with E-state index in [1.165, 1.54) is 0 Å². The molecule has 1 aromatic carbocycles. The Morgan fingerprint density at radius 2 is 2.19 bits per heavy atom. The van der Waals surface area contributed by atoms with Crippen molar-refractivity contribution >= 4 is 5.78 Å². The minimum Gasteiger partial charge on any atom is -0.485 e. The fourth-order valence-electron chi connectivity index (χ4n) is 2.05. The number of hydrogen-bond donors (Lipinski definition) is 0. The lowest BCUT2D eigenvalue weighted by atomic mass is 9.97. The summed E-state index contributed by atoms with van der Waals surface area (Å²) < 4.78 is 18.8. The van der Waals surface area contributed by atoms with E-state index in [1.807, 2.05) is 6.07 Å². The van der Waals surface area contributed by atoms with Crippen LogP contribution in [0.5, 0.6) is 5.75 Å². The zero-order chi connectivity index (χ0) is 11.3. The third-order valence-electron chi connectivity index (χ3n) is 3.08. The van der Waals surface area contributed by atoms with E-state index in [0.29, 0.717) is 6.42 Å². The van der Waals surface area contributed by atoms with Crippen molar-refractivity contribution in [2.75, 3.05) is 0 Å². The second kappa shape index (κ2) is 2.82. The van der Waals surface area contributed by atoms with Gasteiger partial charge in [-0.25, -0.2) is 4.39 Å². The molecule has 0 amide bonds. The largest absolute Gasteiger partial charge is 0.485 e. The predicted octanol–water partition coefficient (Wildman–Crippen LogP) is 2.20. The summed E-state index contributed by atoms with van der Waals surface area (Å²) in [4.78, 5) is 11.8. The van der Waals surface area contributed by atoms with Crippen LogP contribution in [-0.2, 0) is 0 Å². The normalized spacial score (nSPS) is 19.9. The van der Waals surface area contributed by atoms with Crippen LogP contribution in [0, 0.1) is 17.1 Å². The molecule has 0 aromatic heterocycles. The first-order chi connectivity index (χ1) is 7.63. The van der Waals surface area contributed by atoms with Crippen molar-refractivity contribution in [2.45, 2.75) is 24.9 Å². The van der Waals surface area contributed by atoms with E-state index in [-0.39, 0.29) is 22.7 Å². The zero-order valence-corrected chi connectivity index (χ0v) is 8.42. The van der Waals surface area contributed by atoms with Crippen molar-refractivity contribution in [3.8, 4) is 11.8 Å². The number of fused-ring (bicyclic) bond motifs is 1. The van der Waals surface area contributed by atoms with Gasteiger partial charge in [-0.15, -0.1) is 0 Å². The minimum absolute atomic E-state index is 0.106. The Kier molecular flexibility index (Phi) is 1.65. The third-order valence-corrected chi connectivity index (χ3v) is 3.08. The second-order valence-corrected chi connectivity index (χ2v) is 4.33. The average Bonchev–Trinajstić information content (AvgIpc) is 2.98. The summed E-state index contributed by atoms with van der Waals surface area (Å²) in [6.45, 7) is 0. The minimum atomic E-state index is -0.570. The first-order valence-corrected chi connectivity index (χ1v) is 5.09. The number of rotatable bonds is 0. The van der Waals surface area contributed by atoms with Crippen molar-refractivity contribution in [3.05, 3.63) is 29.1 Å². The van der Waals surface area contributed by atoms with Crippen LogP contribution in [0.25, 0.3) is 0 Å². The molecule has 0 radical (unpaired) electrons. The van der Waals surface area contributed by atoms with Gasteiger partial charge < -0.3 is 4.74 Å².